The van der Waals surface area contributed by atoms with Gasteiger partial charge in [-0.05, 0) is 47.9 Å². The third-order valence-electron chi connectivity index (χ3n) is 3.72. The van der Waals surface area contributed by atoms with E-state index in [9.17, 15) is 9.59 Å². The number of thiocarbonyl (C=S) groups is 1. The summed E-state index contributed by atoms with van der Waals surface area (Å²) < 4.78 is 5.35. The quantitative estimate of drug-likeness (QED) is 0.550. The second-order valence-corrected chi connectivity index (χ2v) is 6.98. The minimum absolute atomic E-state index is 0.159. The predicted octanol–water partition coefficient (Wildman–Crippen LogP) is 4.14. The van der Waals surface area contributed by atoms with Crippen LogP contribution in [0.4, 0.5) is 11.4 Å². The van der Waals surface area contributed by atoms with Crippen LogP contribution in [-0.2, 0) is 0 Å². The number of nitrogens with one attached hydrogen (secondary N) is 3. The van der Waals surface area contributed by atoms with Gasteiger partial charge in [0.05, 0.1) is 17.7 Å². The maximum atomic E-state index is 12.2. The Morgan fingerprint density at radius 2 is 1.75 bits per heavy atom. The summed E-state index contributed by atoms with van der Waals surface area (Å²) in [6.07, 6.45) is 0. The van der Waals surface area contributed by atoms with Crippen molar-refractivity contribution in [2.45, 2.75) is 0 Å². The molecule has 28 heavy (non-hydrogen) atoms. The van der Waals surface area contributed by atoms with E-state index in [0.29, 0.717) is 27.6 Å². The molecular weight excluding hydrogens is 394 g/mol. The number of anilines is 2. The second-order valence-electron chi connectivity index (χ2n) is 5.62. The molecule has 0 unspecified atom stereocenters. The lowest BCUT2D eigenvalue weighted by atomic mass is 10.2. The van der Waals surface area contributed by atoms with Gasteiger partial charge in [-0.25, -0.2) is 0 Å². The van der Waals surface area contributed by atoms with Gasteiger partial charge in [0, 0.05) is 17.3 Å². The Bertz CT molecular complexity index is 989. The number of methoxy groups -OCH3 is 1. The van der Waals surface area contributed by atoms with Crippen LogP contribution in [0.3, 0.4) is 0 Å². The third kappa shape index (κ3) is 4.93. The molecule has 1 heterocycles. The molecule has 0 saturated heterocycles. The fourth-order valence-electron chi connectivity index (χ4n) is 2.39. The van der Waals surface area contributed by atoms with Crippen molar-refractivity contribution in [2.75, 3.05) is 17.7 Å². The molecule has 1 aromatic heterocycles. The van der Waals surface area contributed by atoms with Crippen LogP contribution in [0.5, 0.6) is 5.75 Å². The summed E-state index contributed by atoms with van der Waals surface area (Å²) in [6.45, 7) is 0. The van der Waals surface area contributed by atoms with Gasteiger partial charge in [0.15, 0.2) is 5.11 Å². The largest absolute Gasteiger partial charge is 0.494 e. The number of carbonyl (C=O) groups excluding carboxylic acids is 2. The van der Waals surface area contributed by atoms with Crippen molar-refractivity contribution >= 4 is 51.9 Å². The molecule has 0 spiro atoms. The van der Waals surface area contributed by atoms with Crippen molar-refractivity contribution in [3.8, 4) is 5.75 Å². The van der Waals surface area contributed by atoms with Gasteiger partial charge in [0.2, 0.25) is 0 Å². The first-order chi connectivity index (χ1) is 13.6. The van der Waals surface area contributed by atoms with Crippen molar-refractivity contribution in [1.29, 1.82) is 0 Å². The highest BCUT2D eigenvalue weighted by Crippen LogP contribution is 2.28. The van der Waals surface area contributed by atoms with Crippen molar-refractivity contribution in [2.24, 2.45) is 0 Å². The molecule has 0 radical (unpaired) electrons. The van der Waals surface area contributed by atoms with Crippen molar-refractivity contribution < 1.29 is 14.3 Å². The summed E-state index contributed by atoms with van der Waals surface area (Å²) in [7, 11) is 1.51. The number of benzene rings is 2. The first-order valence-corrected chi connectivity index (χ1v) is 9.56. The minimum atomic E-state index is -0.301. The Kier molecular flexibility index (Phi) is 6.36. The highest BCUT2D eigenvalue weighted by Gasteiger charge is 2.12. The van der Waals surface area contributed by atoms with Crippen molar-refractivity contribution in [3.05, 3.63) is 76.5 Å². The minimum Gasteiger partial charge on any atom is -0.494 e. The molecule has 0 saturated carbocycles. The lowest BCUT2D eigenvalue weighted by molar-refractivity contribution is 0.0976. The highest BCUT2D eigenvalue weighted by atomic mass is 32.1. The van der Waals surface area contributed by atoms with Gasteiger partial charge in [0.1, 0.15) is 5.75 Å². The summed E-state index contributed by atoms with van der Waals surface area (Å²) in [6, 6.07) is 17.5. The Morgan fingerprint density at radius 1 is 0.964 bits per heavy atom. The van der Waals surface area contributed by atoms with Gasteiger partial charge < -0.3 is 15.4 Å². The number of ether oxygens (including phenoxy) is 1. The standard InChI is InChI=1S/C20H17N3O3S2/c1-26-16-12-14(9-10-15(16)22-19(25)17-8-5-11-28-17)21-20(27)23-18(24)13-6-3-2-4-7-13/h2-12H,1H3,(H,22,25)(H2,21,23,24,27). The lowest BCUT2D eigenvalue weighted by Crippen LogP contribution is -2.34. The van der Waals surface area contributed by atoms with E-state index in [0.717, 1.165) is 0 Å². The van der Waals surface area contributed by atoms with Crippen LogP contribution in [0.15, 0.2) is 66.0 Å². The number of amides is 2. The fourth-order valence-corrected chi connectivity index (χ4v) is 3.22. The van der Waals surface area contributed by atoms with Gasteiger partial charge in [-0.15, -0.1) is 11.3 Å². The summed E-state index contributed by atoms with van der Waals surface area (Å²) in [5.41, 5.74) is 1.66. The molecule has 0 aliphatic heterocycles. The Labute approximate surface area is 171 Å². The first kappa shape index (κ1) is 19.5. The van der Waals surface area contributed by atoms with E-state index in [1.807, 2.05) is 17.5 Å². The maximum absolute atomic E-state index is 12.2. The predicted molar refractivity (Wildman–Crippen MR) is 115 cm³/mol. The van der Waals surface area contributed by atoms with E-state index in [1.165, 1.54) is 18.4 Å². The molecule has 3 N–H and O–H groups in total. The lowest BCUT2D eigenvalue weighted by Gasteiger charge is -2.14. The molecule has 0 aliphatic rings. The highest BCUT2D eigenvalue weighted by molar-refractivity contribution is 7.80. The SMILES string of the molecule is COc1cc(NC(=S)NC(=O)c2ccccc2)ccc1NC(=O)c1cccs1. The van der Waals surface area contributed by atoms with Crippen LogP contribution in [0.25, 0.3) is 0 Å². The molecule has 0 bridgehead atoms. The normalized spacial score (nSPS) is 10.0. The maximum Gasteiger partial charge on any atom is 0.265 e. The molecule has 0 atom stereocenters. The fraction of sp³-hybridized carbons (Fsp3) is 0.0500. The first-order valence-electron chi connectivity index (χ1n) is 8.27. The van der Waals surface area contributed by atoms with Gasteiger partial charge in [0.25, 0.3) is 11.8 Å². The van der Waals surface area contributed by atoms with E-state index in [1.54, 1.807) is 48.5 Å². The number of carbonyl (C=O) groups is 2. The molecule has 6 nitrogen and oxygen atoms in total. The van der Waals surface area contributed by atoms with E-state index in [4.69, 9.17) is 17.0 Å². The van der Waals surface area contributed by atoms with Gasteiger partial charge in [-0.2, -0.15) is 0 Å². The average Bonchev–Trinajstić information content (AvgIpc) is 3.24. The molecular formula is C20H17N3O3S2. The van der Waals surface area contributed by atoms with E-state index < -0.39 is 0 Å². The molecule has 2 amide bonds. The van der Waals surface area contributed by atoms with E-state index in [-0.39, 0.29) is 16.9 Å². The van der Waals surface area contributed by atoms with Crippen LogP contribution >= 0.6 is 23.6 Å². The Balaban J connectivity index is 1.65. The molecule has 3 aromatic rings. The van der Waals surface area contributed by atoms with Gasteiger partial charge in [-0.3, -0.25) is 14.9 Å². The number of rotatable bonds is 5. The van der Waals surface area contributed by atoms with Crippen LogP contribution in [0.2, 0.25) is 0 Å². The summed E-state index contributed by atoms with van der Waals surface area (Å²) in [5.74, 6) is -0.0448. The topological polar surface area (TPSA) is 79.5 Å². The van der Waals surface area contributed by atoms with Crippen molar-refractivity contribution in [3.63, 3.8) is 0 Å². The molecule has 3 rings (SSSR count). The van der Waals surface area contributed by atoms with Crippen molar-refractivity contribution in [1.82, 2.24) is 5.32 Å². The van der Waals surface area contributed by atoms with Crippen LogP contribution in [-0.4, -0.2) is 24.0 Å². The average molecular weight is 412 g/mol. The smallest absolute Gasteiger partial charge is 0.265 e. The Morgan fingerprint density at radius 3 is 2.43 bits per heavy atom. The monoisotopic (exact) mass is 411 g/mol. The second kappa shape index (κ2) is 9.12. The summed E-state index contributed by atoms with van der Waals surface area (Å²) in [5, 5.41) is 10.4. The van der Waals surface area contributed by atoms with E-state index >= 15 is 0 Å². The number of thiophene rings is 1. The zero-order chi connectivity index (χ0) is 19.9. The van der Waals surface area contributed by atoms with Gasteiger partial charge >= 0.3 is 0 Å². The molecule has 0 fully saturated rings. The van der Waals surface area contributed by atoms with Gasteiger partial charge in [-0.1, -0.05) is 24.3 Å². The number of hydrogen-bond donors (Lipinski definition) is 3. The zero-order valence-corrected chi connectivity index (χ0v) is 16.5. The number of hydrogen-bond acceptors (Lipinski definition) is 5. The third-order valence-corrected chi connectivity index (χ3v) is 4.79. The molecule has 0 aliphatic carbocycles. The van der Waals surface area contributed by atoms with Crippen LogP contribution < -0.4 is 20.7 Å². The van der Waals surface area contributed by atoms with Crippen LogP contribution in [0.1, 0.15) is 20.0 Å². The van der Waals surface area contributed by atoms with E-state index in [2.05, 4.69) is 16.0 Å². The molecule has 8 heteroatoms. The Hall–Kier alpha value is -3.23. The summed E-state index contributed by atoms with van der Waals surface area (Å²) in [4.78, 5) is 25.0. The summed E-state index contributed by atoms with van der Waals surface area (Å²) >= 11 is 6.55. The zero-order valence-electron chi connectivity index (χ0n) is 14.9. The van der Waals surface area contributed by atoms with Crippen LogP contribution in [0, 0.1) is 0 Å². The molecule has 142 valence electrons. The molecule has 2 aromatic carbocycles.